The van der Waals surface area contributed by atoms with E-state index < -0.39 is 6.23 Å². The van der Waals surface area contributed by atoms with Crippen LogP contribution in [0.25, 0.3) is 0 Å². The van der Waals surface area contributed by atoms with Crippen molar-refractivity contribution < 1.29 is 18.9 Å². The lowest BCUT2D eigenvalue weighted by Crippen LogP contribution is -2.41. The Morgan fingerprint density at radius 3 is 2.19 bits per heavy atom. The Balaban J connectivity index is 1.87. The number of hydrogen-bond acceptors (Lipinski definition) is 8. The highest BCUT2D eigenvalue weighted by atomic mass is 35.5. The zero-order chi connectivity index (χ0) is 22.1. The Hall–Kier alpha value is -3.12. The van der Waals surface area contributed by atoms with E-state index in [1.54, 1.807) is 21.3 Å². The Bertz CT molecular complexity index is 1030. The van der Waals surface area contributed by atoms with Crippen LogP contribution in [0.2, 0.25) is 5.02 Å². The number of rotatable bonds is 5. The van der Waals surface area contributed by atoms with Crippen LogP contribution in [0.15, 0.2) is 47.9 Å². The first-order valence-corrected chi connectivity index (χ1v) is 10.0. The molecule has 2 aliphatic rings. The fraction of sp³-hybridized carbons (Fsp3) is 0.318. The second-order valence-electron chi connectivity index (χ2n) is 7.26. The Morgan fingerprint density at radius 1 is 1.00 bits per heavy atom. The van der Waals surface area contributed by atoms with Crippen LogP contribution in [0.4, 0.5) is 0 Å². The van der Waals surface area contributed by atoms with Crippen LogP contribution in [-0.2, 0) is 4.74 Å². The number of allylic oxidation sites excluding steroid dienone is 1. The highest BCUT2D eigenvalue weighted by molar-refractivity contribution is 6.30. The number of nitrogens with one attached hydrogen (secondary N) is 2. The van der Waals surface area contributed by atoms with Gasteiger partial charge in [-0.15, -0.1) is 0 Å². The summed E-state index contributed by atoms with van der Waals surface area (Å²) in [4.78, 5) is 0. The average molecular weight is 443 g/mol. The van der Waals surface area contributed by atoms with Gasteiger partial charge in [-0.2, -0.15) is 5.26 Å². The zero-order valence-corrected chi connectivity index (χ0v) is 18.1. The third-order valence-electron chi connectivity index (χ3n) is 5.73. The maximum Gasteiger partial charge on any atom is 0.203 e. The van der Waals surface area contributed by atoms with Gasteiger partial charge in [-0.25, -0.2) is 10.9 Å². The van der Waals surface area contributed by atoms with Crippen molar-refractivity contribution >= 4 is 11.6 Å². The number of methoxy groups -OCH3 is 3. The van der Waals surface area contributed by atoms with E-state index in [2.05, 4.69) is 16.9 Å². The molecule has 2 aliphatic heterocycles. The Kier molecular flexibility index (Phi) is 5.83. The molecular weight excluding hydrogens is 420 g/mol. The van der Waals surface area contributed by atoms with Gasteiger partial charge in [-0.05, 0) is 35.4 Å². The first-order chi connectivity index (χ1) is 15.0. The molecule has 0 saturated carbocycles. The van der Waals surface area contributed by atoms with Crippen molar-refractivity contribution in [3.8, 4) is 23.3 Å². The number of benzene rings is 2. The number of nitrogens with zero attached hydrogens (tertiary/aromatic N) is 1. The van der Waals surface area contributed by atoms with Crippen LogP contribution in [0.5, 0.6) is 17.2 Å². The van der Waals surface area contributed by atoms with E-state index in [-0.39, 0.29) is 23.8 Å². The van der Waals surface area contributed by atoms with E-state index in [0.717, 1.165) is 11.1 Å². The lowest BCUT2D eigenvalue weighted by molar-refractivity contribution is 0.0340. The van der Waals surface area contributed by atoms with Gasteiger partial charge in [0.15, 0.2) is 17.7 Å². The van der Waals surface area contributed by atoms with Gasteiger partial charge >= 0.3 is 0 Å². The molecule has 4 atom stereocenters. The summed E-state index contributed by atoms with van der Waals surface area (Å²) in [7, 11) is 4.65. The summed E-state index contributed by atoms with van der Waals surface area (Å²) >= 11 is 6.07. The fourth-order valence-corrected chi connectivity index (χ4v) is 4.46. The van der Waals surface area contributed by atoms with Gasteiger partial charge in [0.2, 0.25) is 11.6 Å². The molecular formula is C22H23ClN4O4. The third-order valence-corrected chi connectivity index (χ3v) is 5.98. The van der Waals surface area contributed by atoms with Crippen LogP contribution in [0.3, 0.4) is 0 Å². The summed E-state index contributed by atoms with van der Waals surface area (Å²) in [5, 5.41) is 10.6. The number of nitriles is 1. The van der Waals surface area contributed by atoms with Crippen molar-refractivity contribution in [1.29, 1.82) is 5.26 Å². The summed E-state index contributed by atoms with van der Waals surface area (Å²) in [5.41, 5.74) is 14.7. The topological polar surface area (TPSA) is 111 Å². The molecule has 1 saturated heterocycles. The molecule has 2 aromatic carbocycles. The Labute approximate surface area is 185 Å². The molecule has 162 valence electrons. The van der Waals surface area contributed by atoms with Gasteiger partial charge < -0.3 is 24.7 Å². The molecule has 1 fully saturated rings. The highest BCUT2D eigenvalue weighted by Crippen LogP contribution is 2.50. The quantitative estimate of drug-likeness (QED) is 0.648. The lowest BCUT2D eigenvalue weighted by Gasteiger charge is -2.36. The van der Waals surface area contributed by atoms with Crippen LogP contribution in [-0.4, -0.2) is 27.6 Å². The number of hydrogen-bond donors (Lipinski definition) is 3. The smallest absolute Gasteiger partial charge is 0.203 e. The van der Waals surface area contributed by atoms with Gasteiger partial charge in [0.05, 0.1) is 32.9 Å². The van der Waals surface area contributed by atoms with Crippen molar-refractivity contribution in [1.82, 2.24) is 10.9 Å². The molecule has 0 radical (unpaired) electrons. The monoisotopic (exact) mass is 442 g/mol. The van der Waals surface area contributed by atoms with Crippen molar-refractivity contribution in [3.63, 3.8) is 0 Å². The number of halogens is 1. The molecule has 0 bridgehead atoms. The highest BCUT2D eigenvalue weighted by Gasteiger charge is 2.49. The summed E-state index contributed by atoms with van der Waals surface area (Å²) in [5.74, 6) is 0.986. The van der Waals surface area contributed by atoms with Gasteiger partial charge in [0.25, 0.3) is 0 Å². The molecule has 2 heterocycles. The molecule has 4 rings (SSSR count). The van der Waals surface area contributed by atoms with Crippen molar-refractivity contribution in [2.75, 3.05) is 21.3 Å². The van der Waals surface area contributed by atoms with Crippen LogP contribution in [0.1, 0.15) is 23.1 Å². The molecule has 8 nitrogen and oxygen atoms in total. The third kappa shape index (κ3) is 3.61. The number of fused-ring (bicyclic) bond motifs is 1. The predicted octanol–water partition coefficient (Wildman–Crippen LogP) is 2.96. The SMILES string of the molecule is COc1cc(C2C(C#N)=C(N)OC3NNC(c4ccc(Cl)cc4)C32)cc(OC)c1OC. The summed E-state index contributed by atoms with van der Waals surface area (Å²) < 4.78 is 22.4. The van der Waals surface area contributed by atoms with E-state index in [1.165, 1.54) is 0 Å². The summed E-state index contributed by atoms with van der Waals surface area (Å²) in [6.45, 7) is 0. The van der Waals surface area contributed by atoms with E-state index in [0.29, 0.717) is 27.8 Å². The van der Waals surface area contributed by atoms with E-state index in [1.807, 2.05) is 36.4 Å². The standard InChI is InChI=1S/C22H23ClN4O4/c1-28-15-8-12(9-16(29-2)20(15)30-3)17-14(10-24)21(25)31-22-18(17)19(26-27-22)11-4-6-13(23)7-5-11/h4-9,17-19,22,26-27H,25H2,1-3H3. The fourth-order valence-electron chi connectivity index (χ4n) is 4.33. The largest absolute Gasteiger partial charge is 0.493 e. The molecule has 0 amide bonds. The maximum absolute atomic E-state index is 9.95. The molecule has 0 aromatic heterocycles. The van der Waals surface area contributed by atoms with E-state index >= 15 is 0 Å². The average Bonchev–Trinajstić information content (AvgIpc) is 3.20. The van der Waals surface area contributed by atoms with Crippen LogP contribution >= 0.6 is 11.6 Å². The molecule has 31 heavy (non-hydrogen) atoms. The van der Waals surface area contributed by atoms with E-state index in [9.17, 15) is 5.26 Å². The molecule has 9 heteroatoms. The first-order valence-electron chi connectivity index (χ1n) is 9.65. The van der Waals surface area contributed by atoms with Gasteiger partial charge in [0.1, 0.15) is 6.07 Å². The molecule has 2 aromatic rings. The second-order valence-corrected chi connectivity index (χ2v) is 7.70. The van der Waals surface area contributed by atoms with Gasteiger partial charge in [-0.1, -0.05) is 23.7 Å². The minimum Gasteiger partial charge on any atom is -0.493 e. The van der Waals surface area contributed by atoms with Crippen molar-refractivity contribution in [2.45, 2.75) is 18.2 Å². The van der Waals surface area contributed by atoms with E-state index in [4.69, 9.17) is 36.3 Å². The van der Waals surface area contributed by atoms with Crippen molar-refractivity contribution in [2.24, 2.45) is 11.7 Å². The minimum absolute atomic E-state index is 0.0913. The summed E-state index contributed by atoms with van der Waals surface area (Å²) in [6, 6.07) is 13.3. The number of nitrogens with two attached hydrogens (primary N) is 1. The molecule has 0 spiro atoms. The molecule has 4 unspecified atom stereocenters. The summed E-state index contributed by atoms with van der Waals surface area (Å²) in [6.07, 6.45) is -0.443. The van der Waals surface area contributed by atoms with Crippen LogP contribution in [0, 0.1) is 17.2 Å². The zero-order valence-electron chi connectivity index (χ0n) is 17.3. The van der Waals surface area contributed by atoms with Gasteiger partial charge in [-0.3, -0.25) is 0 Å². The maximum atomic E-state index is 9.95. The van der Waals surface area contributed by atoms with Crippen LogP contribution < -0.4 is 30.8 Å². The lowest BCUT2D eigenvalue weighted by atomic mass is 9.74. The number of hydrazine groups is 1. The van der Waals surface area contributed by atoms with Crippen molar-refractivity contribution in [3.05, 3.63) is 64.0 Å². The number of ether oxygens (including phenoxy) is 4. The minimum atomic E-state index is -0.443. The normalized spacial score (nSPS) is 24.7. The Morgan fingerprint density at radius 2 is 1.65 bits per heavy atom. The molecule has 4 N–H and O–H groups in total. The second kappa shape index (κ2) is 8.55. The van der Waals surface area contributed by atoms with Gasteiger partial charge in [0, 0.05) is 16.9 Å². The first kappa shape index (κ1) is 21.1. The molecule has 0 aliphatic carbocycles. The predicted molar refractivity (Wildman–Crippen MR) is 114 cm³/mol.